The van der Waals surface area contributed by atoms with Gasteiger partial charge in [-0.2, -0.15) is 0 Å². The van der Waals surface area contributed by atoms with Crippen molar-refractivity contribution in [1.29, 1.82) is 0 Å². The van der Waals surface area contributed by atoms with Gasteiger partial charge in [0.25, 0.3) is 0 Å². The molecule has 1 saturated heterocycles. The molecule has 1 fully saturated rings. The molecular weight excluding hydrogens is 448 g/mol. The minimum Gasteiger partial charge on any atom is -0.486 e. The molecule has 0 atom stereocenters. The summed E-state index contributed by atoms with van der Waals surface area (Å²) in [5.74, 6) is 1.97. The fourth-order valence-corrected chi connectivity index (χ4v) is 5.31. The third kappa shape index (κ3) is 4.35. The number of para-hydroxylation sites is 3. The van der Waals surface area contributed by atoms with Gasteiger partial charge in [-0.3, -0.25) is 4.79 Å². The lowest BCUT2D eigenvalue weighted by Gasteiger charge is -2.33. The van der Waals surface area contributed by atoms with Crippen LogP contribution in [0.5, 0.6) is 5.75 Å². The first-order valence-corrected chi connectivity index (χ1v) is 12.6. The predicted molar refractivity (Wildman–Crippen MR) is 142 cm³/mol. The highest BCUT2D eigenvalue weighted by Gasteiger charge is 2.27. The number of fused-ring (bicyclic) bond motifs is 2. The molecule has 182 valence electrons. The van der Waals surface area contributed by atoms with Crippen molar-refractivity contribution in [1.82, 2.24) is 19.4 Å². The number of carbonyl (C=O) groups excluding carboxylic acids is 1. The van der Waals surface area contributed by atoms with Crippen LogP contribution in [0.25, 0.3) is 21.9 Å². The molecule has 0 bridgehead atoms. The van der Waals surface area contributed by atoms with Crippen molar-refractivity contribution < 1.29 is 9.53 Å². The number of rotatable bonds is 6. The first-order valence-electron chi connectivity index (χ1n) is 12.6. The average molecular weight is 479 g/mol. The van der Waals surface area contributed by atoms with E-state index in [1.54, 1.807) is 0 Å². The summed E-state index contributed by atoms with van der Waals surface area (Å²) in [5, 5.41) is 1.13. The molecule has 0 spiro atoms. The zero-order chi connectivity index (χ0) is 24.5. The third-order valence-corrected chi connectivity index (χ3v) is 7.26. The fourth-order valence-electron chi connectivity index (χ4n) is 5.31. The lowest BCUT2D eigenvalue weighted by molar-refractivity contribution is -0.131. The van der Waals surface area contributed by atoms with Crippen LogP contribution in [0.3, 0.4) is 0 Å². The molecule has 6 nitrogen and oxygen atoms in total. The smallest absolute Gasteiger partial charge is 0.227 e. The van der Waals surface area contributed by atoms with Gasteiger partial charge in [0, 0.05) is 36.2 Å². The molecule has 2 aromatic heterocycles. The van der Waals surface area contributed by atoms with Crippen molar-refractivity contribution in [3.05, 3.63) is 95.9 Å². The molecule has 6 rings (SSSR count). The molecule has 0 unspecified atom stereocenters. The van der Waals surface area contributed by atoms with Crippen LogP contribution >= 0.6 is 0 Å². The maximum Gasteiger partial charge on any atom is 0.227 e. The number of hydrogen-bond donors (Lipinski definition) is 1. The van der Waals surface area contributed by atoms with Gasteiger partial charge in [0.05, 0.1) is 17.5 Å². The van der Waals surface area contributed by atoms with Crippen molar-refractivity contribution >= 4 is 27.8 Å². The van der Waals surface area contributed by atoms with E-state index in [0.717, 1.165) is 65.0 Å². The second-order valence-electron chi connectivity index (χ2n) is 9.64. The van der Waals surface area contributed by atoms with Gasteiger partial charge in [-0.15, -0.1) is 0 Å². The van der Waals surface area contributed by atoms with Crippen molar-refractivity contribution in [2.24, 2.45) is 0 Å². The lowest BCUT2D eigenvalue weighted by atomic mass is 10.0. The Kier molecular flexibility index (Phi) is 5.93. The van der Waals surface area contributed by atoms with Crippen molar-refractivity contribution in [3.63, 3.8) is 0 Å². The van der Waals surface area contributed by atoms with Crippen LogP contribution < -0.4 is 4.74 Å². The Labute approximate surface area is 210 Å². The van der Waals surface area contributed by atoms with Crippen LogP contribution in [0.15, 0.2) is 79.0 Å². The van der Waals surface area contributed by atoms with Crippen molar-refractivity contribution in [2.75, 3.05) is 13.1 Å². The molecule has 0 saturated carbocycles. The first kappa shape index (κ1) is 22.4. The minimum atomic E-state index is 0.191. The minimum absolute atomic E-state index is 0.191. The highest BCUT2D eigenvalue weighted by Crippen LogP contribution is 2.30. The van der Waals surface area contributed by atoms with Crippen molar-refractivity contribution in [2.45, 2.75) is 38.8 Å². The number of carbonyl (C=O) groups is 1. The number of aromatic amines is 1. The summed E-state index contributed by atoms with van der Waals surface area (Å²) in [6, 6.07) is 24.8. The summed E-state index contributed by atoms with van der Waals surface area (Å²) in [5.41, 5.74) is 5.46. The van der Waals surface area contributed by atoms with E-state index in [2.05, 4.69) is 52.9 Å². The Morgan fingerprint density at radius 3 is 2.58 bits per heavy atom. The third-order valence-electron chi connectivity index (χ3n) is 7.26. The zero-order valence-corrected chi connectivity index (χ0v) is 20.5. The average Bonchev–Trinajstić information content (AvgIpc) is 3.49. The van der Waals surface area contributed by atoms with Crippen LogP contribution in [-0.2, 0) is 17.8 Å². The van der Waals surface area contributed by atoms with Gasteiger partial charge >= 0.3 is 0 Å². The second-order valence-corrected chi connectivity index (χ2v) is 9.64. The van der Waals surface area contributed by atoms with Gasteiger partial charge < -0.3 is 19.2 Å². The Hall–Kier alpha value is -4.06. The summed E-state index contributed by atoms with van der Waals surface area (Å²) >= 11 is 0. The summed E-state index contributed by atoms with van der Waals surface area (Å²) in [4.78, 5) is 23.3. The summed E-state index contributed by atoms with van der Waals surface area (Å²) in [7, 11) is 0. The molecule has 1 N–H and O–H groups in total. The van der Waals surface area contributed by atoms with Crippen LogP contribution in [0.1, 0.15) is 35.8 Å². The number of imidazole rings is 1. The molecule has 6 heteroatoms. The molecule has 0 radical (unpaired) electrons. The normalized spacial score (nSPS) is 14.5. The Morgan fingerprint density at radius 1 is 1.00 bits per heavy atom. The largest absolute Gasteiger partial charge is 0.486 e. The van der Waals surface area contributed by atoms with E-state index in [9.17, 15) is 4.79 Å². The quantitative estimate of drug-likeness (QED) is 0.335. The number of benzene rings is 3. The van der Waals surface area contributed by atoms with E-state index in [1.165, 1.54) is 5.56 Å². The number of H-pyrrole nitrogens is 1. The first-order chi connectivity index (χ1) is 17.7. The van der Waals surface area contributed by atoms with Crippen molar-refractivity contribution in [3.8, 4) is 5.75 Å². The van der Waals surface area contributed by atoms with E-state index >= 15 is 0 Å². The fraction of sp³-hybridized carbons (Fsp3) is 0.267. The highest BCUT2D eigenvalue weighted by molar-refractivity contribution is 5.89. The molecule has 5 aromatic rings. The van der Waals surface area contributed by atoms with E-state index in [0.29, 0.717) is 13.0 Å². The molecule has 36 heavy (non-hydrogen) atoms. The number of aryl methyl sites for hydroxylation is 1. The molecule has 1 amide bonds. The van der Waals surface area contributed by atoms with Gasteiger partial charge in [-0.25, -0.2) is 4.98 Å². The van der Waals surface area contributed by atoms with E-state index in [4.69, 9.17) is 9.72 Å². The van der Waals surface area contributed by atoms with Gasteiger partial charge in [0.2, 0.25) is 5.91 Å². The maximum atomic E-state index is 13.1. The Bertz CT molecular complexity index is 1510. The summed E-state index contributed by atoms with van der Waals surface area (Å²) in [6.45, 7) is 3.98. The predicted octanol–water partition coefficient (Wildman–Crippen LogP) is 5.81. The topological polar surface area (TPSA) is 63.1 Å². The van der Waals surface area contributed by atoms with Crippen LogP contribution in [0.4, 0.5) is 0 Å². The number of piperidine rings is 1. The van der Waals surface area contributed by atoms with Gasteiger partial charge in [0.15, 0.2) is 0 Å². The zero-order valence-electron chi connectivity index (χ0n) is 20.5. The molecule has 3 heterocycles. The van der Waals surface area contributed by atoms with Gasteiger partial charge in [-0.05, 0) is 55.7 Å². The summed E-state index contributed by atoms with van der Waals surface area (Å²) < 4.78 is 8.45. The van der Waals surface area contributed by atoms with Gasteiger partial charge in [0.1, 0.15) is 18.2 Å². The number of aromatic nitrogens is 3. The SMILES string of the molecule is Cc1ccc(OCc2nc3ccccc3n2C2CCN(C(=O)Cc3c[nH]c4ccccc34)CC2)cc1. The Balaban J connectivity index is 1.16. The van der Waals surface area contributed by atoms with Crippen LogP contribution in [0.2, 0.25) is 0 Å². The maximum absolute atomic E-state index is 13.1. The van der Waals surface area contributed by atoms with Gasteiger partial charge in [-0.1, -0.05) is 48.0 Å². The molecule has 3 aromatic carbocycles. The standard InChI is InChI=1S/C30H30N4O2/c1-21-10-12-24(13-11-21)36-20-29-32-27-8-4-5-9-28(27)34(29)23-14-16-33(17-15-23)30(35)18-22-19-31-26-7-3-2-6-25(22)26/h2-13,19,23,31H,14-18,20H2,1H3. The molecule has 1 aliphatic rings. The van der Waals surface area contributed by atoms with E-state index in [-0.39, 0.29) is 11.9 Å². The monoisotopic (exact) mass is 478 g/mol. The number of amides is 1. The number of nitrogens with zero attached hydrogens (tertiary/aromatic N) is 3. The Morgan fingerprint density at radius 2 is 1.75 bits per heavy atom. The van der Waals surface area contributed by atoms with E-state index in [1.807, 2.05) is 47.5 Å². The highest BCUT2D eigenvalue weighted by atomic mass is 16.5. The molecular formula is C30H30N4O2. The number of hydrogen-bond acceptors (Lipinski definition) is 3. The van der Waals surface area contributed by atoms with Crippen LogP contribution in [0, 0.1) is 6.92 Å². The number of likely N-dealkylation sites (tertiary alicyclic amines) is 1. The van der Waals surface area contributed by atoms with E-state index < -0.39 is 0 Å². The number of nitrogens with one attached hydrogen (secondary N) is 1. The van der Waals surface area contributed by atoms with Crippen LogP contribution in [-0.4, -0.2) is 38.4 Å². The lowest BCUT2D eigenvalue weighted by Crippen LogP contribution is -2.40. The molecule has 0 aliphatic carbocycles. The molecule has 1 aliphatic heterocycles. The summed E-state index contributed by atoms with van der Waals surface area (Å²) in [6.07, 6.45) is 4.20. The number of ether oxygens (including phenoxy) is 1. The second kappa shape index (κ2) is 9.53.